The van der Waals surface area contributed by atoms with Gasteiger partial charge in [-0.3, -0.25) is 4.68 Å². The molecule has 0 bridgehead atoms. The third-order valence-corrected chi connectivity index (χ3v) is 4.29. The van der Waals surface area contributed by atoms with Crippen LogP contribution < -0.4 is 10.2 Å². The first-order valence-corrected chi connectivity index (χ1v) is 7.52. The molecule has 4 nitrogen and oxygen atoms in total. The van der Waals surface area contributed by atoms with E-state index in [0.717, 1.165) is 24.7 Å². The lowest BCUT2D eigenvalue weighted by atomic mass is 10.1. The molecule has 19 heavy (non-hydrogen) atoms. The number of anilines is 1. The van der Waals surface area contributed by atoms with Gasteiger partial charge in [-0.05, 0) is 45.6 Å². The molecular weight excluding hydrogens is 236 g/mol. The summed E-state index contributed by atoms with van der Waals surface area (Å²) in [6.07, 6.45) is 3.93. The van der Waals surface area contributed by atoms with Gasteiger partial charge in [-0.1, -0.05) is 6.92 Å². The number of aromatic nitrogens is 2. The van der Waals surface area contributed by atoms with Crippen LogP contribution in [0.4, 0.5) is 5.82 Å². The number of hydrogen-bond acceptors (Lipinski definition) is 3. The lowest BCUT2D eigenvalue weighted by Crippen LogP contribution is -2.33. The highest BCUT2D eigenvalue weighted by molar-refractivity contribution is 5.50. The number of hydrogen-bond donors (Lipinski definition) is 1. The Morgan fingerprint density at radius 2 is 2.16 bits per heavy atom. The zero-order valence-corrected chi connectivity index (χ0v) is 13.0. The molecule has 1 fully saturated rings. The van der Waals surface area contributed by atoms with E-state index in [1.165, 1.54) is 30.6 Å². The van der Waals surface area contributed by atoms with Crippen molar-refractivity contribution in [3.63, 3.8) is 0 Å². The van der Waals surface area contributed by atoms with E-state index in [1.54, 1.807) is 0 Å². The van der Waals surface area contributed by atoms with Crippen molar-refractivity contribution in [1.29, 1.82) is 0 Å². The molecular formula is C15H28N4. The summed E-state index contributed by atoms with van der Waals surface area (Å²) in [5.74, 6) is 2.15. The summed E-state index contributed by atoms with van der Waals surface area (Å²) in [5, 5.41) is 8.11. The molecule has 0 saturated heterocycles. The first-order chi connectivity index (χ1) is 9.06. The predicted octanol–water partition coefficient (Wildman–Crippen LogP) is 2.46. The maximum atomic E-state index is 4.61. The summed E-state index contributed by atoms with van der Waals surface area (Å²) < 4.78 is 2.04. The molecule has 1 atom stereocenters. The third-order valence-electron chi connectivity index (χ3n) is 4.29. The first kappa shape index (κ1) is 14.4. The van der Waals surface area contributed by atoms with Gasteiger partial charge < -0.3 is 10.2 Å². The molecule has 1 aromatic heterocycles. The molecule has 1 aliphatic rings. The van der Waals surface area contributed by atoms with E-state index >= 15 is 0 Å². The standard InChI is InChI=1S/C15H28N4/c1-6-9-16-10-14-11(2)17-19(5)15(14)18(4)12(3)13-7-8-13/h12-13,16H,6-10H2,1-5H3. The fourth-order valence-corrected chi connectivity index (χ4v) is 2.82. The second-order valence-corrected chi connectivity index (χ2v) is 5.88. The van der Waals surface area contributed by atoms with Gasteiger partial charge in [-0.25, -0.2) is 0 Å². The lowest BCUT2D eigenvalue weighted by molar-refractivity contribution is 0.583. The van der Waals surface area contributed by atoms with Crippen LogP contribution in [0.3, 0.4) is 0 Å². The minimum absolute atomic E-state index is 0.611. The molecule has 1 aliphatic carbocycles. The van der Waals surface area contributed by atoms with Crippen LogP contribution in [0.15, 0.2) is 0 Å². The highest BCUT2D eigenvalue weighted by Gasteiger charge is 2.32. The van der Waals surface area contributed by atoms with Crippen LogP contribution in [-0.2, 0) is 13.6 Å². The second-order valence-electron chi connectivity index (χ2n) is 5.88. The largest absolute Gasteiger partial charge is 0.357 e. The Kier molecular flexibility index (Phi) is 4.50. The molecule has 1 unspecified atom stereocenters. The van der Waals surface area contributed by atoms with Crippen molar-refractivity contribution in [1.82, 2.24) is 15.1 Å². The zero-order chi connectivity index (χ0) is 14.0. The number of nitrogens with one attached hydrogen (secondary N) is 1. The molecule has 0 aliphatic heterocycles. The van der Waals surface area contributed by atoms with Gasteiger partial charge >= 0.3 is 0 Å². The number of nitrogens with zero attached hydrogens (tertiary/aromatic N) is 3. The minimum atomic E-state index is 0.611. The van der Waals surface area contributed by atoms with E-state index in [-0.39, 0.29) is 0 Å². The van der Waals surface area contributed by atoms with E-state index in [9.17, 15) is 0 Å². The van der Waals surface area contributed by atoms with E-state index in [2.05, 4.69) is 50.2 Å². The molecule has 2 rings (SSSR count). The number of aryl methyl sites for hydroxylation is 2. The van der Waals surface area contributed by atoms with Crippen LogP contribution in [0.2, 0.25) is 0 Å². The fourth-order valence-electron chi connectivity index (χ4n) is 2.82. The Morgan fingerprint density at radius 3 is 2.74 bits per heavy atom. The summed E-state index contributed by atoms with van der Waals surface area (Å²) in [6.45, 7) is 8.64. The van der Waals surface area contributed by atoms with Crippen molar-refractivity contribution in [2.45, 2.75) is 52.6 Å². The maximum Gasteiger partial charge on any atom is 0.131 e. The average molecular weight is 264 g/mol. The summed E-state index contributed by atoms with van der Waals surface area (Å²) >= 11 is 0. The Morgan fingerprint density at radius 1 is 1.47 bits per heavy atom. The minimum Gasteiger partial charge on any atom is -0.357 e. The monoisotopic (exact) mass is 264 g/mol. The molecule has 1 heterocycles. The zero-order valence-electron chi connectivity index (χ0n) is 13.0. The van der Waals surface area contributed by atoms with Gasteiger partial charge in [0.2, 0.25) is 0 Å². The molecule has 4 heteroatoms. The van der Waals surface area contributed by atoms with Gasteiger partial charge in [0.05, 0.1) is 5.69 Å². The van der Waals surface area contributed by atoms with Crippen molar-refractivity contribution in [2.24, 2.45) is 13.0 Å². The van der Waals surface area contributed by atoms with E-state index in [0.29, 0.717) is 6.04 Å². The van der Waals surface area contributed by atoms with Crippen LogP contribution in [-0.4, -0.2) is 29.4 Å². The van der Waals surface area contributed by atoms with Crippen molar-refractivity contribution in [3.8, 4) is 0 Å². The van der Waals surface area contributed by atoms with Gasteiger partial charge in [-0.2, -0.15) is 5.10 Å². The molecule has 0 spiro atoms. The van der Waals surface area contributed by atoms with E-state index in [4.69, 9.17) is 0 Å². The van der Waals surface area contributed by atoms with Crippen molar-refractivity contribution in [3.05, 3.63) is 11.3 Å². The molecule has 108 valence electrons. The Hall–Kier alpha value is -1.03. The van der Waals surface area contributed by atoms with Crippen LogP contribution >= 0.6 is 0 Å². The highest BCUT2D eigenvalue weighted by atomic mass is 15.4. The van der Waals surface area contributed by atoms with Crippen LogP contribution in [0, 0.1) is 12.8 Å². The molecule has 0 radical (unpaired) electrons. The van der Waals surface area contributed by atoms with Gasteiger partial charge in [0.15, 0.2) is 0 Å². The first-order valence-electron chi connectivity index (χ1n) is 7.52. The van der Waals surface area contributed by atoms with Gasteiger partial charge in [0, 0.05) is 32.2 Å². The topological polar surface area (TPSA) is 33.1 Å². The molecule has 1 aromatic rings. The van der Waals surface area contributed by atoms with E-state index < -0.39 is 0 Å². The predicted molar refractivity (Wildman–Crippen MR) is 80.5 cm³/mol. The summed E-state index contributed by atoms with van der Waals surface area (Å²) in [5.41, 5.74) is 2.50. The Balaban J connectivity index is 2.17. The Labute approximate surface area is 117 Å². The van der Waals surface area contributed by atoms with E-state index in [1.807, 2.05) is 4.68 Å². The summed E-state index contributed by atoms with van der Waals surface area (Å²) in [4.78, 5) is 2.42. The maximum absolute atomic E-state index is 4.61. The molecule has 0 aromatic carbocycles. The lowest BCUT2D eigenvalue weighted by Gasteiger charge is -2.28. The smallest absolute Gasteiger partial charge is 0.131 e. The van der Waals surface area contributed by atoms with Crippen LogP contribution in [0.5, 0.6) is 0 Å². The van der Waals surface area contributed by atoms with Crippen molar-refractivity contribution in [2.75, 3.05) is 18.5 Å². The van der Waals surface area contributed by atoms with Crippen molar-refractivity contribution < 1.29 is 0 Å². The Bertz CT molecular complexity index is 420. The quantitative estimate of drug-likeness (QED) is 0.768. The summed E-state index contributed by atoms with van der Waals surface area (Å²) in [7, 11) is 4.27. The molecule has 1 N–H and O–H groups in total. The highest BCUT2D eigenvalue weighted by Crippen LogP contribution is 2.37. The molecule has 0 amide bonds. The molecule has 1 saturated carbocycles. The van der Waals surface area contributed by atoms with Crippen LogP contribution in [0.25, 0.3) is 0 Å². The van der Waals surface area contributed by atoms with Gasteiger partial charge in [0.1, 0.15) is 5.82 Å². The van der Waals surface area contributed by atoms with Crippen LogP contribution in [0.1, 0.15) is 44.4 Å². The normalized spacial score (nSPS) is 16.7. The van der Waals surface area contributed by atoms with Crippen molar-refractivity contribution >= 4 is 5.82 Å². The SMILES string of the molecule is CCCNCc1c(C)nn(C)c1N(C)C(C)C1CC1. The van der Waals surface area contributed by atoms with Gasteiger partial charge in [0.25, 0.3) is 0 Å². The third kappa shape index (κ3) is 3.11. The number of rotatable bonds is 7. The second kappa shape index (κ2) is 5.95. The summed E-state index contributed by atoms with van der Waals surface area (Å²) in [6, 6.07) is 0.611. The average Bonchev–Trinajstić information content (AvgIpc) is 3.16. The van der Waals surface area contributed by atoms with Gasteiger partial charge in [-0.15, -0.1) is 0 Å². The fraction of sp³-hybridized carbons (Fsp3) is 0.800.